The van der Waals surface area contributed by atoms with Crippen LogP contribution in [0.15, 0.2) is 39.6 Å². The van der Waals surface area contributed by atoms with Gasteiger partial charge in [-0.2, -0.15) is 0 Å². The predicted molar refractivity (Wildman–Crippen MR) is 88.8 cm³/mol. The van der Waals surface area contributed by atoms with Crippen LogP contribution >= 0.6 is 27.5 Å². The van der Waals surface area contributed by atoms with Gasteiger partial charge in [0, 0.05) is 9.50 Å². The molecule has 2 aromatic carbocycles. The molecule has 0 aliphatic carbocycles. The van der Waals surface area contributed by atoms with E-state index in [4.69, 9.17) is 17.3 Å². The Labute approximate surface area is 134 Å². The second-order valence-electron chi connectivity index (χ2n) is 4.98. The van der Waals surface area contributed by atoms with Crippen molar-refractivity contribution in [1.29, 1.82) is 0 Å². The Morgan fingerprint density at radius 2 is 1.86 bits per heavy atom. The summed E-state index contributed by atoms with van der Waals surface area (Å²) in [6, 6.07) is 9.16. The van der Waals surface area contributed by atoms with Gasteiger partial charge in [-0.25, -0.2) is 4.79 Å². The minimum atomic E-state index is -0.333. The highest BCUT2D eigenvalue weighted by Crippen LogP contribution is 2.31. The van der Waals surface area contributed by atoms with Crippen molar-refractivity contribution in [3.8, 4) is 0 Å². The van der Waals surface area contributed by atoms with E-state index in [1.807, 2.05) is 37.3 Å². The largest absolute Gasteiger partial charge is 0.323 e. The van der Waals surface area contributed by atoms with Crippen LogP contribution in [0.4, 0.5) is 0 Å². The zero-order chi connectivity index (χ0) is 15.1. The Morgan fingerprint density at radius 3 is 2.52 bits per heavy atom. The molecule has 6 heteroatoms. The average Bonchev–Trinajstić information content (AvgIpc) is 2.79. The molecule has 1 unspecified atom stereocenters. The molecule has 4 nitrogen and oxygen atoms in total. The molecule has 0 spiro atoms. The summed E-state index contributed by atoms with van der Waals surface area (Å²) in [5, 5.41) is 0.690. The van der Waals surface area contributed by atoms with E-state index in [1.165, 1.54) is 0 Å². The van der Waals surface area contributed by atoms with Crippen LogP contribution in [-0.2, 0) is 0 Å². The third kappa shape index (κ3) is 2.64. The topological polar surface area (TPSA) is 74.7 Å². The quantitative estimate of drug-likeness (QED) is 0.648. The van der Waals surface area contributed by atoms with Gasteiger partial charge >= 0.3 is 5.69 Å². The number of fused-ring (bicyclic) bond motifs is 1. The zero-order valence-electron chi connectivity index (χ0n) is 11.2. The summed E-state index contributed by atoms with van der Waals surface area (Å²) in [5.74, 6) is 0. The maximum atomic E-state index is 11.4. The number of halogens is 2. The van der Waals surface area contributed by atoms with E-state index in [0.717, 1.165) is 32.2 Å². The third-order valence-electron chi connectivity index (χ3n) is 3.52. The monoisotopic (exact) mass is 365 g/mol. The number of benzene rings is 2. The molecule has 0 saturated heterocycles. The molecular formula is C15H13BrClN3O. The minimum absolute atomic E-state index is 0.235. The van der Waals surface area contributed by atoms with E-state index >= 15 is 0 Å². The molecule has 4 N–H and O–H groups in total. The molecule has 3 rings (SSSR count). The lowest BCUT2D eigenvalue weighted by Gasteiger charge is -2.15. The Balaban J connectivity index is 2.11. The Bertz CT molecular complexity index is 884. The Morgan fingerprint density at radius 1 is 1.19 bits per heavy atom. The van der Waals surface area contributed by atoms with Crippen LogP contribution in [0.3, 0.4) is 0 Å². The number of H-pyrrole nitrogens is 2. The van der Waals surface area contributed by atoms with Gasteiger partial charge in [0.15, 0.2) is 0 Å². The number of nitrogens with one attached hydrogen (secondary N) is 2. The first kappa shape index (κ1) is 14.4. The standard InChI is InChI=1S/C15H13BrClN3O/c1-7-2-3-8(4-11(7)17)14(18)9-5-12-13(6-10(9)16)20-15(21)19-12/h2-6,14H,18H2,1H3,(H2,19,20,21). The smallest absolute Gasteiger partial charge is 0.320 e. The molecule has 1 atom stereocenters. The van der Waals surface area contributed by atoms with Crippen LogP contribution < -0.4 is 11.4 Å². The summed E-state index contributed by atoms with van der Waals surface area (Å²) in [4.78, 5) is 16.8. The van der Waals surface area contributed by atoms with Crippen molar-refractivity contribution < 1.29 is 0 Å². The molecule has 1 aromatic heterocycles. The number of aromatic amines is 2. The molecule has 0 fully saturated rings. The van der Waals surface area contributed by atoms with Gasteiger partial charge in [-0.05, 0) is 41.8 Å². The maximum absolute atomic E-state index is 11.4. The molecular weight excluding hydrogens is 354 g/mol. The third-order valence-corrected chi connectivity index (χ3v) is 4.62. The molecule has 0 amide bonds. The molecule has 0 bridgehead atoms. The highest BCUT2D eigenvalue weighted by atomic mass is 79.9. The van der Waals surface area contributed by atoms with Gasteiger partial charge in [0.05, 0.1) is 17.1 Å². The first-order valence-electron chi connectivity index (χ1n) is 6.39. The highest BCUT2D eigenvalue weighted by Gasteiger charge is 2.15. The van der Waals surface area contributed by atoms with Gasteiger partial charge in [0.1, 0.15) is 0 Å². The summed E-state index contributed by atoms with van der Waals surface area (Å²) >= 11 is 9.67. The van der Waals surface area contributed by atoms with Crippen LogP contribution in [-0.4, -0.2) is 9.97 Å². The van der Waals surface area contributed by atoms with Crippen LogP contribution in [0.2, 0.25) is 5.02 Å². The predicted octanol–water partition coefficient (Wildman–Crippen LogP) is 3.63. The first-order valence-corrected chi connectivity index (χ1v) is 7.56. The number of hydrogen-bond donors (Lipinski definition) is 3. The molecule has 1 heterocycles. The molecule has 0 aliphatic rings. The van der Waals surface area contributed by atoms with Crippen LogP contribution in [0.1, 0.15) is 22.7 Å². The number of aryl methyl sites for hydroxylation is 1. The fraction of sp³-hybridized carbons (Fsp3) is 0.133. The van der Waals surface area contributed by atoms with Crippen LogP contribution in [0.25, 0.3) is 11.0 Å². The number of imidazole rings is 1. The van der Waals surface area contributed by atoms with Crippen molar-refractivity contribution in [2.75, 3.05) is 0 Å². The van der Waals surface area contributed by atoms with Crippen molar-refractivity contribution in [3.63, 3.8) is 0 Å². The van der Waals surface area contributed by atoms with Gasteiger partial charge in [-0.15, -0.1) is 0 Å². The highest BCUT2D eigenvalue weighted by molar-refractivity contribution is 9.10. The Hall–Kier alpha value is -1.56. The second-order valence-corrected chi connectivity index (χ2v) is 6.25. The van der Waals surface area contributed by atoms with E-state index in [0.29, 0.717) is 5.02 Å². The van der Waals surface area contributed by atoms with E-state index in [9.17, 15) is 4.79 Å². The van der Waals surface area contributed by atoms with Gasteiger partial charge < -0.3 is 15.7 Å². The van der Waals surface area contributed by atoms with Gasteiger partial charge in [-0.1, -0.05) is 39.7 Å². The maximum Gasteiger partial charge on any atom is 0.323 e. The van der Waals surface area contributed by atoms with Crippen molar-refractivity contribution in [2.45, 2.75) is 13.0 Å². The second kappa shape index (κ2) is 5.33. The normalized spacial score (nSPS) is 12.8. The lowest BCUT2D eigenvalue weighted by atomic mass is 9.98. The molecule has 21 heavy (non-hydrogen) atoms. The molecule has 0 saturated carbocycles. The fourth-order valence-electron chi connectivity index (χ4n) is 2.29. The zero-order valence-corrected chi connectivity index (χ0v) is 13.5. The lowest BCUT2D eigenvalue weighted by molar-refractivity contribution is 0.867. The summed E-state index contributed by atoms with van der Waals surface area (Å²) < 4.78 is 0.842. The Kier molecular flexibility index (Phi) is 3.65. The molecule has 0 aliphatic heterocycles. The number of hydrogen-bond acceptors (Lipinski definition) is 2. The van der Waals surface area contributed by atoms with E-state index < -0.39 is 0 Å². The van der Waals surface area contributed by atoms with Gasteiger partial charge in [0.2, 0.25) is 0 Å². The SMILES string of the molecule is Cc1ccc(C(N)c2cc3[nH]c(=O)[nH]c3cc2Br)cc1Cl. The van der Waals surface area contributed by atoms with Crippen molar-refractivity contribution in [1.82, 2.24) is 9.97 Å². The minimum Gasteiger partial charge on any atom is -0.320 e. The van der Waals surface area contributed by atoms with Crippen molar-refractivity contribution in [3.05, 3.63) is 67.0 Å². The number of nitrogens with two attached hydrogens (primary N) is 1. The number of rotatable bonds is 2. The summed E-state index contributed by atoms with van der Waals surface area (Å²) in [7, 11) is 0. The van der Waals surface area contributed by atoms with Crippen LogP contribution in [0, 0.1) is 6.92 Å². The van der Waals surface area contributed by atoms with E-state index in [2.05, 4.69) is 25.9 Å². The van der Waals surface area contributed by atoms with E-state index in [-0.39, 0.29) is 11.7 Å². The van der Waals surface area contributed by atoms with Gasteiger partial charge in [0.25, 0.3) is 0 Å². The fourth-order valence-corrected chi connectivity index (χ4v) is 3.07. The summed E-state index contributed by atoms with van der Waals surface area (Å²) in [6.07, 6.45) is 0. The van der Waals surface area contributed by atoms with Crippen molar-refractivity contribution >= 4 is 38.6 Å². The summed E-state index contributed by atoms with van der Waals surface area (Å²) in [6.45, 7) is 1.95. The first-order chi connectivity index (χ1) is 9.95. The molecule has 108 valence electrons. The van der Waals surface area contributed by atoms with Gasteiger partial charge in [-0.3, -0.25) is 0 Å². The van der Waals surface area contributed by atoms with E-state index in [1.54, 1.807) is 0 Å². The average molecular weight is 367 g/mol. The summed E-state index contributed by atoms with van der Waals surface area (Å²) in [5.41, 5.74) is 10.4. The molecule has 0 radical (unpaired) electrons. The molecule has 3 aromatic rings. The van der Waals surface area contributed by atoms with Crippen molar-refractivity contribution in [2.24, 2.45) is 5.73 Å². The number of aromatic nitrogens is 2. The lowest BCUT2D eigenvalue weighted by Crippen LogP contribution is -2.12. The van der Waals surface area contributed by atoms with Crippen LogP contribution in [0.5, 0.6) is 0 Å².